The zero-order valence-corrected chi connectivity index (χ0v) is 9.77. The lowest BCUT2D eigenvalue weighted by Crippen LogP contribution is -2.31. The van der Waals surface area contributed by atoms with Gasteiger partial charge >= 0.3 is 0 Å². The van der Waals surface area contributed by atoms with Gasteiger partial charge in [-0.2, -0.15) is 0 Å². The number of hydrogen-bond donors (Lipinski definition) is 1. The summed E-state index contributed by atoms with van der Waals surface area (Å²) in [5.74, 6) is 2.70. The standard InChI is InChI=1S/C13H21NO2/c15-12-3-4-14(8-12)13(16)7-11-6-9-1-2-10(11)5-9/h9-12,15H,1-8H2. The lowest BCUT2D eigenvalue weighted by molar-refractivity contribution is -0.131. The largest absolute Gasteiger partial charge is 0.391 e. The summed E-state index contributed by atoms with van der Waals surface area (Å²) < 4.78 is 0. The van der Waals surface area contributed by atoms with E-state index in [0.717, 1.165) is 31.2 Å². The number of likely N-dealkylation sites (tertiary alicyclic amines) is 1. The normalized spacial score (nSPS) is 41.9. The van der Waals surface area contributed by atoms with Crippen molar-refractivity contribution in [3.8, 4) is 0 Å². The molecule has 0 aromatic rings. The van der Waals surface area contributed by atoms with Crippen LogP contribution in [0.25, 0.3) is 0 Å². The van der Waals surface area contributed by atoms with E-state index in [2.05, 4.69) is 0 Å². The molecular formula is C13H21NO2. The molecule has 2 aliphatic carbocycles. The molecule has 2 saturated carbocycles. The average molecular weight is 223 g/mol. The van der Waals surface area contributed by atoms with Crippen molar-refractivity contribution in [3.05, 3.63) is 0 Å². The minimum absolute atomic E-state index is 0.274. The third-order valence-corrected chi connectivity index (χ3v) is 4.84. The summed E-state index contributed by atoms with van der Waals surface area (Å²) >= 11 is 0. The van der Waals surface area contributed by atoms with Crippen LogP contribution in [0.1, 0.15) is 38.5 Å². The summed E-state index contributed by atoms with van der Waals surface area (Å²) in [5, 5.41) is 9.42. The fourth-order valence-electron chi connectivity index (χ4n) is 3.95. The van der Waals surface area contributed by atoms with Crippen LogP contribution in [0, 0.1) is 17.8 Å². The van der Waals surface area contributed by atoms with Crippen LogP contribution >= 0.6 is 0 Å². The molecule has 3 heteroatoms. The second-order valence-electron chi connectivity index (χ2n) is 5.92. The Labute approximate surface area is 96.8 Å². The maximum Gasteiger partial charge on any atom is 0.222 e. The highest BCUT2D eigenvalue weighted by Crippen LogP contribution is 2.49. The molecule has 4 atom stereocenters. The Bertz CT molecular complexity index is 292. The minimum atomic E-state index is -0.274. The minimum Gasteiger partial charge on any atom is -0.391 e. The highest BCUT2D eigenvalue weighted by molar-refractivity contribution is 5.76. The van der Waals surface area contributed by atoms with E-state index in [4.69, 9.17) is 0 Å². The molecule has 3 fully saturated rings. The number of amides is 1. The molecule has 1 N–H and O–H groups in total. The van der Waals surface area contributed by atoms with Gasteiger partial charge in [-0.3, -0.25) is 4.79 Å². The number of β-amino-alcohol motifs (C(OH)–C–C–N with tert-alkyl or cyclic N) is 1. The van der Waals surface area contributed by atoms with Gasteiger partial charge in [-0.25, -0.2) is 0 Å². The van der Waals surface area contributed by atoms with E-state index < -0.39 is 0 Å². The molecule has 3 nitrogen and oxygen atoms in total. The zero-order valence-electron chi connectivity index (χ0n) is 9.77. The predicted octanol–water partition coefficient (Wildman–Crippen LogP) is 1.41. The van der Waals surface area contributed by atoms with Crippen molar-refractivity contribution in [2.24, 2.45) is 17.8 Å². The van der Waals surface area contributed by atoms with Crippen LogP contribution in [0.3, 0.4) is 0 Å². The first kappa shape index (κ1) is 10.6. The van der Waals surface area contributed by atoms with E-state index in [9.17, 15) is 9.90 Å². The maximum atomic E-state index is 12.0. The van der Waals surface area contributed by atoms with Gasteiger partial charge < -0.3 is 10.0 Å². The molecular weight excluding hydrogens is 202 g/mol. The topological polar surface area (TPSA) is 40.5 Å². The predicted molar refractivity (Wildman–Crippen MR) is 60.8 cm³/mol. The first-order valence-corrected chi connectivity index (χ1v) is 6.68. The van der Waals surface area contributed by atoms with Crippen molar-refractivity contribution < 1.29 is 9.90 Å². The van der Waals surface area contributed by atoms with E-state index >= 15 is 0 Å². The third kappa shape index (κ3) is 1.86. The van der Waals surface area contributed by atoms with Crippen molar-refractivity contribution in [3.63, 3.8) is 0 Å². The Morgan fingerprint density at radius 1 is 1.25 bits per heavy atom. The number of carbonyl (C=O) groups excluding carboxylic acids is 1. The second-order valence-corrected chi connectivity index (χ2v) is 5.92. The Morgan fingerprint density at radius 3 is 2.69 bits per heavy atom. The molecule has 3 rings (SSSR count). The zero-order chi connectivity index (χ0) is 11.1. The van der Waals surface area contributed by atoms with Gasteiger partial charge in [0.2, 0.25) is 5.91 Å². The molecule has 0 radical (unpaired) electrons. The molecule has 4 unspecified atom stereocenters. The molecule has 90 valence electrons. The van der Waals surface area contributed by atoms with Crippen molar-refractivity contribution in [1.82, 2.24) is 4.90 Å². The summed E-state index contributed by atoms with van der Waals surface area (Å²) in [6.07, 6.45) is 6.65. The van der Waals surface area contributed by atoms with Gasteiger partial charge in [0.05, 0.1) is 6.10 Å². The molecule has 0 aromatic heterocycles. The van der Waals surface area contributed by atoms with E-state index in [1.165, 1.54) is 25.7 Å². The maximum absolute atomic E-state index is 12.0. The fraction of sp³-hybridized carbons (Fsp3) is 0.923. The lowest BCUT2D eigenvalue weighted by atomic mass is 9.86. The Morgan fingerprint density at radius 2 is 2.12 bits per heavy atom. The van der Waals surface area contributed by atoms with Gasteiger partial charge in [-0.15, -0.1) is 0 Å². The van der Waals surface area contributed by atoms with Crippen LogP contribution in [0.4, 0.5) is 0 Å². The van der Waals surface area contributed by atoms with Crippen LogP contribution in [-0.2, 0) is 4.79 Å². The number of nitrogens with zero attached hydrogens (tertiary/aromatic N) is 1. The average Bonchev–Trinajstić information content (AvgIpc) is 2.92. The van der Waals surface area contributed by atoms with E-state index in [1.54, 1.807) is 0 Å². The number of rotatable bonds is 2. The number of hydrogen-bond acceptors (Lipinski definition) is 2. The Balaban J connectivity index is 1.53. The van der Waals surface area contributed by atoms with Gasteiger partial charge in [-0.1, -0.05) is 6.42 Å². The monoisotopic (exact) mass is 223 g/mol. The first-order valence-electron chi connectivity index (χ1n) is 6.68. The van der Waals surface area contributed by atoms with Gasteiger partial charge in [0.1, 0.15) is 0 Å². The number of carbonyl (C=O) groups is 1. The highest BCUT2D eigenvalue weighted by atomic mass is 16.3. The van der Waals surface area contributed by atoms with Gasteiger partial charge in [0.25, 0.3) is 0 Å². The van der Waals surface area contributed by atoms with E-state index in [-0.39, 0.29) is 12.0 Å². The molecule has 0 aromatic carbocycles. The smallest absolute Gasteiger partial charge is 0.222 e. The summed E-state index contributed by atoms with van der Waals surface area (Å²) in [6, 6.07) is 0. The summed E-state index contributed by atoms with van der Waals surface area (Å²) in [7, 11) is 0. The molecule has 1 amide bonds. The summed E-state index contributed by atoms with van der Waals surface area (Å²) in [6.45, 7) is 1.33. The van der Waals surface area contributed by atoms with Crippen molar-refractivity contribution in [1.29, 1.82) is 0 Å². The van der Waals surface area contributed by atoms with Crippen LogP contribution in [0.5, 0.6) is 0 Å². The van der Waals surface area contributed by atoms with Crippen LogP contribution < -0.4 is 0 Å². The van der Waals surface area contributed by atoms with E-state index in [1.807, 2.05) is 4.90 Å². The quantitative estimate of drug-likeness (QED) is 0.769. The third-order valence-electron chi connectivity index (χ3n) is 4.84. The molecule has 1 saturated heterocycles. The second kappa shape index (κ2) is 4.02. The van der Waals surface area contributed by atoms with Gasteiger partial charge in [0.15, 0.2) is 0 Å². The fourth-order valence-corrected chi connectivity index (χ4v) is 3.95. The van der Waals surface area contributed by atoms with Crippen LogP contribution in [0.15, 0.2) is 0 Å². The Kier molecular flexibility index (Phi) is 2.66. The van der Waals surface area contributed by atoms with Gasteiger partial charge in [0, 0.05) is 19.5 Å². The molecule has 1 heterocycles. The van der Waals surface area contributed by atoms with E-state index in [0.29, 0.717) is 12.5 Å². The first-order chi connectivity index (χ1) is 7.72. The van der Waals surface area contributed by atoms with Crippen molar-refractivity contribution >= 4 is 5.91 Å². The summed E-state index contributed by atoms with van der Waals surface area (Å²) in [4.78, 5) is 13.9. The van der Waals surface area contributed by atoms with Crippen molar-refractivity contribution in [2.45, 2.75) is 44.6 Å². The Hall–Kier alpha value is -0.570. The number of aliphatic hydroxyl groups is 1. The SMILES string of the molecule is O=C(CC1CC2CCC1C2)N1CCC(O)C1. The van der Waals surface area contributed by atoms with Gasteiger partial charge in [-0.05, 0) is 43.4 Å². The highest BCUT2D eigenvalue weighted by Gasteiger charge is 2.41. The number of fused-ring (bicyclic) bond motifs is 2. The molecule has 3 aliphatic rings. The van der Waals surface area contributed by atoms with Crippen LogP contribution in [0.2, 0.25) is 0 Å². The molecule has 16 heavy (non-hydrogen) atoms. The van der Waals surface area contributed by atoms with Crippen LogP contribution in [-0.4, -0.2) is 35.1 Å². The lowest BCUT2D eigenvalue weighted by Gasteiger charge is -2.24. The molecule has 2 bridgehead atoms. The summed E-state index contributed by atoms with van der Waals surface area (Å²) in [5.41, 5.74) is 0. The number of aliphatic hydroxyl groups excluding tert-OH is 1. The molecule has 1 aliphatic heterocycles. The molecule has 0 spiro atoms. The van der Waals surface area contributed by atoms with Crippen molar-refractivity contribution in [2.75, 3.05) is 13.1 Å².